The highest BCUT2D eigenvalue weighted by atomic mass is 35.5. The summed E-state index contributed by atoms with van der Waals surface area (Å²) >= 11 is 6.32. The van der Waals surface area contributed by atoms with Crippen LogP contribution in [0.3, 0.4) is 0 Å². The van der Waals surface area contributed by atoms with Gasteiger partial charge in [-0.25, -0.2) is 19.3 Å². The number of pyridine rings is 1. The van der Waals surface area contributed by atoms with E-state index in [1.807, 2.05) is 30.9 Å². The molecule has 0 radical (unpaired) electrons. The van der Waals surface area contributed by atoms with E-state index in [0.717, 1.165) is 5.56 Å². The Hall–Kier alpha value is -3.89. The first kappa shape index (κ1) is 25.4. The number of nitrogens with zero attached hydrogens (tertiary/aromatic N) is 6. The van der Waals surface area contributed by atoms with Crippen molar-refractivity contribution in [1.82, 2.24) is 29.6 Å². The van der Waals surface area contributed by atoms with Crippen molar-refractivity contribution in [3.8, 4) is 28.7 Å². The number of likely N-dealkylation sites (tertiary alicyclic amines) is 1. The van der Waals surface area contributed by atoms with Gasteiger partial charge in [0.2, 0.25) is 5.88 Å². The van der Waals surface area contributed by atoms with E-state index in [9.17, 15) is 9.18 Å². The van der Waals surface area contributed by atoms with Gasteiger partial charge < -0.3 is 15.4 Å². The summed E-state index contributed by atoms with van der Waals surface area (Å²) < 4.78 is 21.5. The van der Waals surface area contributed by atoms with Crippen molar-refractivity contribution in [1.29, 1.82) is 0 Å². The molecule has 4 aromatic rings. The minimum Gasteiger partial charge on any atom is -0.474 e. The largest absolute Gasteiger partial charge is 0.474 e. The number of hydrogen-bond donors (Lipinski definition) is 1. The Morgan fingerprint density at radius 2 is 1.82 bits per heavy atom. The van der Waals surface area contributed by atoms with Crippen LogP contribution in [0.15, 0.2) is 54.9 Å². The summed E-state index contributed by atoms with van der Waals surface area (Å²) in [5, 5.41) is 4.68. The zero-order valence-corrected chi connectivity index (χ0v) is 22.4. The third-order valence-corrected chi connectivity index (χ3v) is 7.62. The first-order chi connectivity index (χ1) is 18.6. The quantitative estimate of drug-likeness (QED) is 0.387. The smallest absolute Gasteiger partial charge is 0.272 e. The van der Waals surface area contributed by atoms with Gasteiger partial charge in [0.15, 0.2) is 5.82 Å². The predicted octanol–water partition coefficient (Wildman–Crippen LogP) is 4.07. The maximum atomic E-state index is 13.6. The van der Waals surface area contributed by atoms with Gasteiger partial charge in [0.25, 0.3) is 5.91 Å². The van der Waals surface area contributed by atoms with Gasteiger partial charge in [0.1, 0.15) is 23.3 Å². The number of carbonyl (C=O) groups excluding carboxylic acids is 1. The third-order valence-electron chi connectivity index (χ3n) is 7.31. The molecule has 2 N–H and O–H groups in total. The second-order valence-corrected chi connectivity index (χ2v) is 11.1. The van der Waals surface area contributed by atoms with Crippen LogP contribution in [0.2, 0.25) is 5.02 Å². The number of aromatic nitrogens is 5. The van der Waals surface area contributed by atoms with E-state index < -0.39 is 11.4 Å². The van der Waals surface area contributed by atoms with E-state index in [4.69, 9.17) is 22.1 Å². The number of nitrogens with two attached hydrogens (primary N) is 1. The number of ether oxygens (including phenoxy) is 1. The van der Waals surface area contributed by atoms with Crippen LogP contribution in [-0.4, -0.2) is 54.7 Å². The summed E-state index contributed by atoms with van der Waals surface area (Å²) in [7, 11) is 1.74. The van der Waals surface area contributed by atoms with Crippen LogP contribution in [0, 0.1) is 17.7 Å². The van der Waals surface area contributed by atoms with E-state index in [-0.39, 0.29) is 28.9 Å². The summed E-state index contributed by atoms with van der Waals surface area (Å²) in [6.07, 6.45) is 3.22. The molecule has 1 saturated carbocycles. The summed E-state index contributed by atoms with van der Waals surface area (Å²) in [5.41, 5.74) is 8.75. The number of carbonyl (C=O) groups is 1. The number of piperidine rings is 1. The Morgan fingerprint density at radius 3 is 2.49 bits per heavy atom. The molecule has 4 heterocycles. The maximum absolute atomic E-state index is 13.6. The minimum atomic E-state index is -0.655. The molecule has 0 spiro atoms. The van der Waals surface area contributed by atoms with Crippen LogP contribution in [0.1, 0.15) is 29.9 Å². The summed E-state index contributed by atoms with van der Waals surface area (Å²) in [6.45, 7) is 4.95. The van der Waals surface area contributed by atoms with E-state index in [0.29, 0.717) is 47.4 Å². The van der Waals surface area contributed by atoms with Crippen molar-refractivity contribution in [2.75, 3.05) is 13.1 Å². The standard InChI is InChI=1S/C28H27ClFN7O2/c1-28(2,31)15-9-21(17-6-5-16(30)11-20(17)29)34-24(10-15)39-25-18-13-37(14-19(18)25)27(38)23-12-22(35-36(23)3)26-32-7-4-8-33-26/h4-12,18-19,25H,13-14,31H2,1-3H3. The maximum Gasteiger partial charge on any atom is 0.272 e. The Balaban J connectivity index is 1.17. The van der Waals surface area contributed by atoms with Gasteiger partial charge in [0.05, 0.1) is 10.7 Å². The number of fused-ring (bicyclic) bond motifs is 1. The zero-order valence-electron chi connectivity index (χ0n) is 21.7. The molecule has 3 aromatic heterocycles. The van der Waals surface area contributed by atoms with Gasteiger partial charge in [-0.1, -0.05) is 11.6 Å². The lowest BCUT2D eigenvalue weighted by molar-refractivity contribution is 0.0740. The monoisotopic (exact) mass is 547 g/mol. The fourth-order valence-electron chi connectivity index (χ4n) is 5.09. The zero-order chi connectivity index (χ0) is 27.5. The van der Waals surface area contributed by atoms with Crippen molar-refractivity contribution >= 4 is 17.5 Å². The lowest BCUT2D eigenvalue weighted by Gasteiger charge is -2.22. The van der Waals surface area contributed by atoms with Crippen molar-refractivity contribution in [3.63, 3.8) is 0 Å². The molecular weight excluding hydrogens is 521 g/mol. The Kier molecular flexibility index (Phi) is 6.11. The Bertz CT molecular complexity index is 1560. The number of halogens is 2. The highest BCUT2D eigenvalue weighted by Crippen LogP contribution is 2.48. The summed E-state index contributed by atoms with van der Waals surface area (Å²) in [6, 6.07) is 11.3. The van der Waals surface area contributed by atoms with Gasteiger partial charge in [-0.15, -0.1) is 0 Å². The number of rotatable bonds is 6. The van der Waals surface area contributed by atoms with E-state index >= 15 is 0 Å². The topological polar surface area (TPSA) is 112 Å². The van der Waals surface area contributed by atoms with Crippen molar-refractivity contribution in [3.05, 3.63) is 77.0 Å². The van der Waals surface area contributed by atoms with Crippen LogP contribution < -0.4 is 10.5 Å². The minimum absolute atomic E-state index is 0.0611. The molecule has 2 aliphatic rings. The van der Waals surface area contributed by atoms with Crippen LogP contribution in [0.25, 0.3) is 22.8 Å². The molecule has 200 valence electrons. The molecule has 11 heteroatoms. The van der Waals surface area contributed by atoms with Gasteiger partial charge in [0, 0.05) is 67.6 Å². The lowest BCUT2D eigenvalue weighted by atomic mass is 9.95. The molecule has 1 aromatic carbocycles. The normalized spacial score (nSPS) is 20.2. The first-order valence-corrected chi connectivity index (χ1v) is 13.0. The molecule has 1 amide bonds. The summed E-state index contributed by atoms with van der Waals surface area (Å²) in [5.74, 6) is 0.800. The van der Waals surface area contributed by atoms with Crippen LogP contribution >= 0.6 is 11.6 Å². The molecule has 1 aliphatic carbocycles. The number of aryl methyl sites for hydroxylation is 1. The Morgan fingerprint density at radius 1 is 1.10 bits per heavy atom. The first-order valence-electron chi connectivity index (χ1n) is 12.6. The van der Waals surface area contributed by atoms with Gasteiger partial charge in [-0.3, -0.25) is 9.48 Å². The highest BCUT2D eigenvalue weighted by molar-refractivity contribution is 6.33. The molecule has 1 saturated heterocycles. The molecular formula is C28H27ClFN7O2. The van der Waals surface area contributed by atoms with E-state index in [1.54, 1.807) is 42.3 Å². The average Bonchev–Trinajstić information content (AvgIpc) is 3.21. The number of amides is 1. The van der Waals surface area contributed by atoms with Crippen molar-refractivity contribution in [2.24, 2.45) is 24.6 Å². The van der Waals surface area contributed by atoms with Gasteiger partial charge in [-0.05, 0) is 49.7 Å². The molecule has 2 unspecified atom stereocenters. The lowest BCUT2D eigenvalue weighted by Crippen LogP contribution is -2.34. The number of benzene rings is 1. The van der Waals surface area contributed by atoms with Gasteiger partial charge >= 0.3 is 0 Å². The molecule has 0 bridgehead atoms. The average molecular weight is 548 g/mol. The SMILES string of the molecule is Cn1nc(-c2ncccn2)cc1C(=O)N1CC2C(C1)C2Oc1cc(C(C)(C)N)cc(-c2ccc(F)cc2Cl)n1. The molecule has 2 fully saturated rings. The number of hydrogen-bond acceptors (Lipinski definition) is 7. The molecule has 1 aliphatic heterocycles. The predicted molar refractivity (Wildman–Crippen MR) is 143 cm³/mol. The Labute approximate surface area is 229 Å². The fraction of sp³-hybridized carbons (Fsp3) is 0.321. The molecule has 9 nitrogen and oxygen atoms in total. The van der Waals surface area contributed by atoms with E-state index in [1.165, 1.54) is 12.1 Å². The van der Waals surface area contributed by atoms with E-state index in [2.05, 4.69) is 20.1 Å². The van der Waals surface area contributed by atoms with Crippen LogP contribution in [0.4, 0.5) is 4.39 Å². The third kappa shape index (κ3) is 4.86. The summed E-state index contributed by atoms with van der Waals surface area (Å²) in [4.78, 5) is 28.2. The molecule has 2 atom stereocenters. The second kappa shape index (κ2) is 9.39. The molecule has 6 rings (SSSR count). The fourth-order valence-corrected chi connectivity index (χ4v) is 5.36. The second-order valence-electron chi connectivity index (χ2n) is 10.7. The highest BCUT2D eigenvalue weighted by Gasteiger charge is 2.59. The van der Waals surface area contributed by atoms with Crippen LogP contribution in [0.5, 0.6) is 5.88 Å². The van der Waals surface area contributed by atoms with Gasteiger partial charge in [-0.2, -0.15) is 5.10 Å². The molecule has 39 heavy (non-hydrogen) atoms. The van der Waals surface area contributed by atoms with Crippen molar-refractivity contribution in [2.45, 2.75) is 25.5 Å². The van der Waals surface area contributed by atoms with Crippen LogP contribution in [-0.2, 0) is 12.6 Å². The van der Waals surface area contributed by atoms with Crippen molar-refractivity contribution < 1.29 is 13.9 Å².